The Hall–Kier alpha value is -1.73. The second kappa shape index (κ2) is 10.5. The number of aryl methyl sites for hydroxylation is 1. The predicted octanol–water partition coefficient (Wildman–Crippen LogP) is 6.62. The van der Waals surface area contributed by atoms with Crippen LogP contribution in [0.15, 0.2) is 47.6 Å². The number of carbonyl (C=O) groups is 1. The minimum Gasteiger partial charge on any atom is -0.346 e. The van der Waals surface area contributed by atoms with Gasteiger partial charge in [0.05, 0.1) is 22.2 Å². The van der Waals surface area contributed by atoms with Crippen molar-refractivity contribution >= 4 is 52.5 Å². The van der Waals surface area contributed by atoms with Crippen LogP contribution in [0.4, 0.5) is 0 Å². The van der Waals surface area contributed by atoms with Crippen LogP contribution in [0.5, 0.6) is 0 Å². The van der Waals surface area contributed by atoms with E-state index in [0.29, 0.717) is 32.5 Å². The molecule has 9 heteroatoms. The third-order valence-corrected chi connectivity index (χ3v) is 7.15. The summed E-state index contributed by atoms with van der Waals surface area (Å²) >= 11 is 20.2. The zero-order valence-corrected chi connectivity index (χ0v) is 21.4. The van der Waals surface area contributed by atoms with Gasteiger partial charge in [-0.2, -0.15) is 0 Å². The van der Waals surface area contributed by atoms with E-state index >= 15 is 0 Å². The first-order valence-corrected chi connectivity index (χ1v) is 12.4. The van der Waals surface area contributed by atoms with Gasteiger partial charge in [-0.05, 0) is 51.5 Å². The molecule has 1 unspecified atom stereocenters. The molecule has 0 saturated heterocycles. The molecule has 1 N–H and O–H groups in total. The molecule has 2 aromatic carbocycles. The van der Waals surface area contributed by atoms with Crippen molar-refractivity contribution in [3.63, 3.8) is 0 Å². The van der Waals surface area contributed by atoms with Crippen molar-refractivity contribution in [3.05, 3.63) is 69.5 Å². The molecule has 1 amide bonds. The lowest BCUT2D eigenvalue weighted by Gasteiger charge is -2.24. The van der Waals surface area contributed by atoms with Crippen molar-refractivity contribution < 1.29 is 4.79 Å². The summed E-state index contributed by atoms with van der Waals surface area (Å²) in [5.74, 6) is 1.33. The highest BCUT2D eigenvalue weighted by Crippen LogP contribution is 2.32. The Morgan fingerprint density at radius 2 is 1.94 bits per heavy atom. The summed E-state index contributed by atoms with van der Waals surface area (Å²) < 4.78 is 1.87. The smallest absolute Gasteiger partial charge is 0.227 e. The number of aromatic nitrogens is 3. The van der Waals surface area contributed by atoms with Gasteiger partial charge in [-0.3, -0.25) is 9.36 Å². The normalized spacial score (nSPS) is 12.6. The molecule has 0 bridgehead atoms. The molecule has 0 spiro atoms. The second-order valence-electron chi connectivity index (χ2n) is 8.26. The van der Waals surface area contributed by atoms with Gasteiger partial charge in [0.1, 0.15) is 0 Å². The maximum absolute atomic E-state index is 12.7. The van der Waals surface area contributed by atoms with Gasteiger partial charge in [0.25, 0.3) is 0 Å². The Bertz CT molecular complexity index is 1120. The van der Waals surface area contributed by atoms with Crippen LogP contribution in [0, 0.1) is 12.3 Å². The van der Waals surface area contributed by atoms with Crippen LogP contribution in [0.25, 0.3) is 5.69 Å². The highest BCUT2D eigenvalue weighted by atomic mass is 35.5. The van der Waals surface area contributed by atoms with E-state index in [2.05, 4.69) is 40.6 Å². The second-order valence-corrected chi connectivity index (χ2v) is 10.3. The largest absolute Gasteiger partial charge is 0.346 e. The van der Waals surface area contributed by atoms with E-state index in [-0.39, 0.29) is 11.8 Å². The first-order chi connectivity index (χ1) is 15.1. The Morgan fingerprint density at radius 3 is 2.59 bits per heavy atom. The fourth-order valence-corrected chi connectivity index (χ4v) is 4.52. The number of hydrogen-bond acceptors (Lipinski definition) is 4. The van der Waals surface area contributed by atoms with Crippen LogP contribution in [-0.4, -0.2) is 26.6 Å². The number of rotatable bonds is 8. The molecular weight excluding hydrogens is 487 g/mol. The Morgan fingerprint density at radius 1 is 1.19 bits per heavy atom. The molecule has 1 atom stereocenters. The van der Waals surface area contributed by atoms with Crippen LogP contribution in [0.3, 0.4) is 0 Å². The van der Waals surface area contributed by atoms with Gasteiger partial charge in [0.2, 0.25) is 5.91 Å². The lowest BCUT2D eigenvalue weighted by atomic mass is 9.95. The lowest BCUT2D eigenvalue weighted by Crippen LogP contribution is -2.40. The SMILES string of the molecule is Cc1cccc(CSc2nnc(C(C)NC(=O)C(C)(C)CCl)n2-c2ccc(Cl)cc2Cl)c1. The van der Waals surface area contributed by atoms with Crippen LogP contribution in [0.1, 0.15) is 43.8 Å². The summed E-state index contributed by atoms with van der Waals surface area (Å²) in [6.07, 6.45) is 0. The molecule has 3 rings (SSSR count). The number of carbonyl (C=O) groups excluding carboxylic acids is 1. The first kappa shape index (κ1) is 24.9. The minimum atomic E-state index is -0.707. The maximum Gasteiger partial charge on any atom is 0.227 e. The molecule has 0 fully saturated rings. The number of alkyl halides is 1. The lowest BCUT2D eigenvalue weighted by molar-refractivity contribution is -0.129. The van der Waals surface area contributed by atoms with Gasteiger partial charge in [0, 0.05) is 16.7 Å². The standard InChI is InChI=1S/C23H25Cl3N4OS/c1-14-6-5-7-16(10-14)12-32-22-29-28-20(15(2)27-21(31)23(3,4)13-24)30(22)19-9-8-17(25)11-18(19)26/h5-11,15H,12-13H2,1-4H3,(H,27,31). The molecular formula is C23H25Cl3N4OS. The summed E-state index contributed by atoms with van der Waals surface area (Å²) in [5, 5.41) is 13.5. The molecule has 170 valence electrons. The van der Waals surface area contributed by atoms with Crippen LogP contribution in [-0.2, 0) is 10.5 Å². The average Bonchev–Trinajstić information content (AvgIpc) is 3.16. The Labute approximate surface area is 207 Å². The maximum atomic E-state index is 12.7. The number of thioether (sulfide) groups is 1. The minimum absolute atomic E-state index is 0.161. The molecule has 0 aliphatic rings. The van der Waals surface area contributed by atoms with Gasteiger partial charge in [-0.25, -0.2) is 0 Å². The Kier molecular flexibility index (Phi) is 8.15. The van der Waals surface area contributed by atoms with E-state index in [9.17, 15) is 4.79 Å². The first-order valence-electron chi connectivity index (χ1n) is 10.1. The summed E-state index contributed by atoms with van der Waals surface area (Å²) in [6.45, 7) is 7.52. The summed E-state index contributed by atoms with van der Waals surface area (Å²) in [6, 6.07) is 13.2. The number of nitrogens with zero attached hydrogens (tertiary/aromatic N) is 3. The van der Waals surface area contributed by atoms with Gasteiger partial charge >= 0.3 is 0 Å². The number of halogens is 3. The van der Waals surface area contributed by atoms with Crippen molar-refractivity contribution in [3.8, 4) is 5.69 Å². The number of amides is 1. The molecule has 0 aliphatic heterocycles. The zero-order chi connectivity index (χ0) is 23.5. The molecule has 1 heterocycles. The average molecular weight is 512 g/mol. The quantitative estimate of drug-likeness (QED) is 0.273. The van der Waals surface area contributed by atoms with E-state index in [4.69, 9.17) is 34.8 Å². The highest BCUT2D eigenvalue weighted by molar-refractivity contribution is 7.98. The summed E-state index contributed by atoms with van der Waals surface area (Å²) in [5.41, 5.74) is 2.37. The van der Waals surface area contributed by atoms with E-state index in [1.807, 2.05) is 23.6 Å². The fourth-order valence-electron chi connectivity index (χ4n) is 3.01. The number of hydrogen-bond donors (Lipinski definition) is 1. The topological polar surface area (TPSA) is 59.8 Å². The zero-order valence-electron chi connectivity index (χ0n) is 18.3. The third-order valence-electron chi connectivity index (χ3n) is 4.94. The monoisotopic (exact) mass is 510 g/mol. The molecule has 3 aromatic rings. The van der Waals surface area contributed by atoms with Crippen LogP contribution >= 0.6 is 46.6 Å². The van der Waals surface area contributed by atoms with E-state index < -0.39 is 11.5 Å². The van der Waals surface area contributed by atoms with E-state index in [0.717, 1.165) is 0 Å². The number of nitrogens with one attached hydrogen (secondary N) is 1. The van der Waals surface area contributed by atoms with Crippen molar-refractivity contribution in [2.45, 2.75) is 44.6 Å². The molecule has 0 aliphatic carbocycles. The molecule has 0 radical (unpaired) electrons. The van der Waals surface area contributed by atoms with Crippen molar-refractivity contribution in [1.29, 1.82) is 0 Å². The van der Waals surface area contributed by atoms with E-state index in [1.165, 1.54) is 11.1 Å². The van der Waals surface area contributed by atoms with Gasteiger partial charge in [0.15, 0.2) is 11.0 Å². The summed E-state index contributed by atoms with van der Waals surface area (Å²) in [4.78, 5) is 12.7. The highest BCUT2D eigenvalue weighted by Gasteiger charge is 2.30. The molecule has 1 aromatic heterocycles. The van der Waals surface area contributed by atoms with Gasteiger partial charge in [-0.15, -0.1) is 21.8 Å². The van der Waals surface area contributed by atoms with Crippen LogP contribution < -0.4 is 5.32 Å². The van der Waals surface area contributed by atoms with Crippen LogP contribution in [0.2, 0.25) is 10.0 Å². The molecule has 5 nitrogen and oxygen atoms in total. The molecule has 0 saturated carbocycles. The fraction of sp³-hybridized carbons (Fsp3) is 0.348. The van der Waals surface area contributed by atoms with Crippen molar-refractivity contribution in [2.75, 3.05) is 5.88 Å². The van der Waals surface area contributed by atoms with Gasteiger partial charge in [-0.1, -0.05) is 64.8 Å². The van der Waals surface area contributed by atoms with Gasteiger partial charge < -0.3 is 5.32 Å². The van der Waals surface area contributed by atoms with Crippen molar-refractivity contribution in [1.82, 2.24) is 20.1 Å². The van der Waals surface area contributed by atoms with E-state index in [1.54, 1.807) is 37.7 Å². The van der Waals surface area contributed by atoms with Crippen molar-refractivity contribution in [2.24, 2.45) is 5.41 Å². The third kappa shape index (κ3) is 5.79. The predicted molar refractivity (Wildman–Crippen MR) is 133 cm³/mol. The Balaban J connectivity index is 1.97. The summed E-state index contributed by atoms with van der Waals surface area (Å²) in [7, 11) is 0. The molecule has 32 heavy (non-hydrogen) atoms. The number of benzene rings is 2.